The van der Waals surface area contributed by atoms with Gasteiger partial charge in [-0.05, 0) is 43.0 Å². The molecule has 0 saturated heterocycles. The van der Waals surface area contributed by atoms with Crippen LogP contribution in [-0.4, -0.2) is 31.1 Å². The van der Waals surface area contributed by atoms with Crippen LogP contribution in [0.15, 0.2) is 30.3 Å². The van der Waals surface area contributed by atoms with Crippen molar-refractivity contribution in [3.05, 3.63) is 64.2 Å². The van der Waals surface area contributed by atoms with Crippen LogP contribution in [0.5, 0.6) is 11.5 Å². The lowest BCUT2D eigenvalue weighted by atomic mass is 9.88. The lowest BCUT2D eigenvalue weighted by Crippen LogP contribution is -3.00. The van der Waals surface area contributed by atoms with E-state index in [0.29, 0.717) is 12.3 Å². The maximum Gasteiger partial charge on any atom is 0.184 e. The highest BCUT2D eigenvalue weighted by Crippen LogP contribution is 2.39. The first-order valence-corrected chi connectivity index (χ1v) is 14.0. The van der Waals surface area contributed by atoms with Gasteiger partial charge in [0.15, 0.2) is 23.8 Å². The third-order valence-corrected chi connectivity index (χ3v) is 7.33. The maximum atomic E-state index is 14.6. The number of hydrogen-bond acceptors (Lipinski definition) is 2. The molecule has 2 aromatic rings. The van der Waals surface area contributed by atoms with Crippen LogP contribution >= 0.6 is 0 Å². The minimum absolute atomic E-state index is 0. The van der Waals surface area contributed by atoms with Gasteiger partial charge in [-0.1, -0.05) is 70.6 Å². The van der Waals surface area contributed by atoms with E-state index in [1.807, 2.05) is 0 Å². The standard InChI is InChI=1S/C32H44F2NO2.BrH/c1-5-7-9-11-13-16-25-24-20-21-35(23-27-28(33)17-15-18-29(27)34)30(19-14-12-10-8-6-2)26(24)22-31(36-3)32(25)37-4;/h13,15-18,22H,5-12,14,19-21,23H2,1-4H3;1H/q+1;/p-1. The molecule has 3 rings (SSSR count). The Bertz CT molecular complexity index is 1080. The first-order valence-electron chi connectivity index (χ1n) is 14.0. The number of methoxy groups -OCH3 is 2. The second-order valence-electron chi connectivity index (χ2n) is 9.93. The van der Waals surface area contributed by atoms with Crippen molar-refractivity contribution in [3.8, 4) is 11.5 Å². The summed E-state index contributed by atoms with van der Waals surface area (Å²) in [6.45, 7) is 5.35. The molecule has 0 bridgehead atoms. The van der Waals surface area contributed by atoms with E-state index in [9.17, 15) is 8.78 Å². The van der Waals surface area contributed by atoms with Crippen LogP contribution in [0.1, 0.15) is 100 Å². The summed E-state index contributed by atoms with van der Waals surface area (Å²) < 4.78 is 43.0. The van der Waals surface area contributed by atoms with Gasteiger partial charge in [0, 0.05) is 24.0 Å². The van der Waals surface area contributed by atoms with Crippen LogP contribution in [0, 0.1) is 11.6 Å². The van der Waals surface area contributed by atoms with Crippen LogP contribution in [0.25, 0.3) is 6.08 Å². The molecule has 0 N–H and O–H groups in total. The molecule has 210 valence electrons. The molecule has 0 atom stereocenters. The normalized spacial score (nSPS) is 13.0. The van der Waals surface area contributed by atoms with Crippen molar-refractivity contribution in [1.29, 1.82) is 0 Å². The molecule has 0 aromatic heterocycles. The van der Waals surface area contributed by atoms with Crippen molar-refractivity contribution < 1.29 is 39.8 Å². The number of rotatable bonds is 15. The molecule has 1 aliphatic heterocycles. The topological polar surface area (TPSA) is 21.5 Å². The van der Waals surface area contributed by atoms with Gasteiger partial charge in [0.2, 0.25) is 0 Å². The first-order chi connectivity index (χ1) is 18.0. The molecule has 6 heteroatoms. The molecule has 2 aromatic carbocycles. The number of benzene rings is 2. The van der Waals surface area contributed by atoms with E-state index < -0.39 is 11.6 Å². The quantitative estimate of drug-likeness (QED) is 0.201. The van der Waals surface area contributed by atoms with Crippen molar-refractivity contribution in [2.24, 2.45) is 0 Å². The van der Waals surface area contributed by atoms with Gasteiger partial charge in [0.1, 0.15) is 18.2 Å². The molecule has 0 radical (unpaired) electrons. The smallest absolute Gasteiger partial charge is 0.184 e. The predicted molar refractivity (Wildman–Crippen MR) is 149 cm³/mol. The number of halogens is 3. The minimum Gasteiger partial charge on any atom is -1.00 e. The summed E-state index contributed by atoms with van der Waals surface area (Å²) >= 11 is 0. The Labute approximate surface area is 238 Å². The third-order valence-electron chi connectivity index (χ3n) is 7.33. The summed E-state index contributed by atoms with van der Waals surface area (Å²) in [7, 11) is 3.35. The van der Waals surface area contributed by atoms with Gasteiger partial charge < -0.3 is 26.5 Å². The van der Waals surface area contributed by atoms with Crippen molar-refractivity contribution >= 4 is 11.8 Å². The molecule has 1 aliphatic rings. The van der Waals surface area contributed by atoms with Crippen LogP contribution in [0.4, 0.5) is 8.78 Å². The zero-order valence-corrected chi connectivity index (χ0v) is 25.1. The number of hydrogen-bond donors (Lipinski definition) is 0. The van der Waals surface area contributed by atoms with E-state index in [1.165, 1.54) is 62.3 Å². The molecule has 0 spiro atoms. The van der Waals surface area contributed by atoms with E-state index in [1.54, 1.807) is 14.2 Å². The van der Waals surface area contributed by atoms with Gasteiger partial charge in [0.25, 0.3) is 0 Å². The van der Waals surface area contributed by atoms with Crippen molar-refractivity contribution in [1.82, 2.24) is 0 Å². The lowest BCUT2D eigenvalue weighted by molar-refractivity contribution is -0.546. The summed E-state index contributed by atoms with van der Waals surface area (Å²) in [5.74, 6) is 0.466. The number of fused-ring (bicyclic) bond motifs is 1. The Hall–Kier alpha value is -2.21. The summed E-state index contributed by atoms with van der Waals surface area (Å²) in [4.78, 5) is 0. The molecule has 0 saturated carbocycles. The second-order valence-corrected chi connectivity index (χ2v) is 9.93. The summed E-state index contributed by atoms with van der Waals surface area (Å²) in [6, 6.07) is 6.17. The van der Waals surface area contributed by atoms with Crippen LogP contribution in [0.3, 0.4) is 0 Å². The van der Waals surface area contributed by atoms with E-state index in [-0.39, 0.29) is 29.1 Å². The zero-order chi connectivity index (χ0) is 26.6. The van der Waals surface area contributed by atoms with Gasteiger partial charge in [-0.3, -0.25) is 0 Å². The number of nitrogens with zero attached hydrogens (tertiary/aromatic N) is 1. The van der Waals surface area contributed by atoms with Crippen molar-refractivity contribution in [3.63, 3.8) is 0 Å². The summed E-state index contributed by atoms with van der Waals surface area (Å²) in [5.41, 5.74) is 4.68. The third kappa shape index (κ3) is 8.14. The Morgan fingerprint density at radius 3 is 2.26 bits per heavy atom. The molecular formula is C32H44BrF2NO2. The largest absolute Gasteiger partial charge is 1.00 e. The van der Waals surface area contributed by atoms with Crippen LogP contribution in [-0.2, 0) is 13.0 Å². The second kappa shape index (κ2) is 16.7. The van der Waals surface area contributed by atoms with E-state index in [2.05, 4.69) is 36.6 Å². The van der Waals surface area contributed by atoms with E-state index in [4.69, 9.17) is 9.47 Å². The summed E-state index contributed by atoms with van der Waals surface area (Å²) in [5, 5.41) is 0. The molecule has 1 heterocycles. The Morgan fingerprint density at radius 2 is 1.61 bits per heavy atom. The molecule has 0 aliphatic carbocycles. The number of ether oxygens (including phenoxy) is 2. The summed E-state index contributed by atoms with van der Waals surface area (Å²) in [6.07, 6.45) is 16.5. The first kappa shape index (κ1) is 32.0. The van der Waals surface area contributed by atoms with E-state index in [0.717, 1.165) is 54.7 Å². The van der Waals surface area contributed by atoms with Gasteiger partial charge >= 0.3 is 0 Å². The lowest BCUT2D eigenvalue weighted by Gasteiger charge is -2.24. The molecule has 0 fully saturated rings. The van der Waals surface area contributed by atoms with Gasteiger partial charge in [-0.2, -0.15) is 0 Å². The number of unbranched alkanes of at least 4 members (excludes halogenated alkanes) is 7. The molecule has 0 amide bonds. The molecular weight excluding hydrogens is 548 g/mol. The molecule has 3 nitrogen and oxygen atoms in total. The fourth-order valence-corrected chi connectivity index (χ4v) is 5.27. The van der Waals surface area contributed by atoms with Gasteiger partial charge in [-0.15, -0.1) is 0 Å². The average molecular weight is 593 g/mol. The fraction of sp³-hybridized carbons (Fsp3) is 0.531. The van der Waals surface area contributed by atoms with Crippen LogP contribution in [0.2, 0.25) is 0 Å². The fourth-order valence-electron chi connectivity index (χ4n) is 5.27. The highest BCUT2D eigenvalue weighted by Gasteiger charge is 2.31. The zero-order valence-electron chi connectivity index (χ0n) is 23.6. The monoisotopic (exact) mass is 591 g/mol. The predicted octanol–water partition coefficient (Wildman–Crippen LogP) is 5.50. The van der Waals surface area contributed by atoms with Gasteiger partial charge in [0.05, 0.1) is 19.8 Å². The number of allylic oxidation sites excluding steroid dienone is 1. The highest BCUT2D eigenvalue weighted by molar-refractivity contribution is 6.00. The average Bonchev–Trinajstić information content (AvgIpc) is 2.90. The Morgan fingerprint density at radius 1 is 0.921 bits per heavy atom. The van der Waals surface area contributed by atoms with Crippen molar-refractivity contribution in [2.75, 3.05) is 20.8 Å². The van der Waals surface area contributed by atoms with Crippen molar-refractivity contribution in [2.45, 2.75) is 91.0 Å². The Balaban J connectivity index is 0.00000507. The van der Waals surface area contributed by atoms with E-state index >= 15 is 0 Å². The molecule has 0 unspecified atom stereocenters. The molecule has 38 heavy (non-hydrogen) atoms. The van der Waals surface area contributed by atoms with Gasteiger partial charge in [-0.25, -0.2) is 13.4 Å². The van der Waals surface area contributed by atoms with Crippen LogP contribution < -0.4 is 26.5 Å². The maximum absolute atomic E-state index is 14.6. The minimum atomic E-state index is -0.490. The Kier molecular flexibility index (Phi) is 14.1. The highest BCUT2D eigenvalue weighted by atomic mass is 79.9. The SMILES string of the molecule is CCCCCC=Cc1c2c(cc(OC)c1OC)C(CCCCCCC)=[N+](Cc1c(F)cccc1F)CC2.[Br-].